The first-order chi connectivity index (χ1) is 9.66. The van der Waals surface area contributed by atoms with Crippen molar-refractivity contribution in [2.24, 2.45) is 0 Å². The Morgan fingerprint density at radius 3 is 2.90 bits per heavy atom. The number of nitrogens with one attached hydrogen (secondary N) is 2. The lowest BCUT2D eigenvalue weighted by atomic mass is 9.99. The summed E-state index contributed by atoms with van der Waals surface area (Å²) in [6, 6.07) is 6.66. The van der Waals surface area contributed by atoms with Crippen LogP contribution in [0.1, 0.15) is 10.6 Å². The molecule has 2 heterocycles. The molecule has 0 fully saturated rings. The monoisotopic (exact) mass is 292 g/mol. The van der Waals surface area contributed by atoms with E-state index in [1.54, 1.807) is 24.3 Å². The third-order valence-corrected chi connectivity index (χ3v) is 3.79. The van der Waals surface area contributed by atoms with Crippen molar-refractivity contribution in [2.45, 2.75) is 5.60 Å². The van der Waals surface area contributed by atoms with Gasteiger partial charge < -0.3 is 20.2 Å². The minimum absolute atomic E-state index is 0.0179. The van der Waals surface area contributed by atoms with Crippen LogP contribution in [0.15, 0.2) is 53.0 Å². The Hall–Kier alpha value is -2.05. The number of furan rings is 1. The molecule has 1 unspecified atom stereocenters. The van der Waals surface area contributed by atoms with E-state index in [9.17, 15) is 9.90 Å². The maximum atomic E-state index is 11.6. The second-order valence-corrected chi connectivity index (χ2v) is 5.11. The lowest BCUT2D eigenvalue weighted by Crippen LogP contribution is -2.45. The standard InChI is InChI=1S/C14H16N2O3S/c1-2-7-15-13(17)16-10-14(18,11-5-3-8-19-11)12-6-4-9-20-12/h2-6,8-9,18H,1,7,10H2,(H2,15,16,17). The minimum atomic E-state index is -1.37. The Balaban J connectivity index is 2.13. The van der Waals surface area contributed by atoms with Gasteiger partial charge in [-0.2, -0.15) is 0 Å². The Labute approximate surface area is 120 Å². The molecule has 0 aromatic carbocycles. The molecule has 0 aliphatic heterocycles. The van der Waals surface area contributed by atoms with E-state index in [0.717, 1.165) is 0 Å². The zero-order valence-corrected chi connectivity index (χ0v) is 11.7. The molecular formula is C14H16N2O3S. The highest BCUT2D eigenvalue weighted by Crippen LogP contribution is 2.32. The molecule has 2 aromatic heterocycles. The van der Waals surface area contributed by atoms with E-state index in [2.05, 4.69) is 17.2 Å². The summed E-state index contributed by atoms with van der Waals surface area (Å²) >= 11 is 1.40. The lowest BCUT2D eigenvalue weighted by Gasteiger charge is -2.25. The molecule has 2 amide bonds. The number of carbonyl (C=O) groups excluding carboxylic acids is 1. The Morgan fingerprint density at radius 2 is 2.30 bits per heavy atom. The predicted molar refractivity (Wildman–Crippen MR) is 77.6 cm³/mol. The molecule has 20 heavy (non-hydrogen) atoms. The molecule has 0 bridgehead atoms. The van der Waals surface area contributed by atoms with Gasteiger partial charge in [0.15, 0.2) is 5.60 Å². The fraction of sp³-hybridized carbons (Fsp3) is 0.214. The van der Waals surface area contributed by atoms with Crippen molar-refractivity contribution in [3.8, 4) is 0 Å². The Kier molecular flexibility index (Phi) is 4.60. The van der Waals surface area contributed by atoms with E-state index in [1.165, 1.54) is 17.6 Å². The minimum Gasteiger partial charge on any atom is -0.466 e. The highest BCUT2D eigenvalue weighted by Gasteiger charge is 2.36. The van der Waals surface area contributed by atoms with E-state index in [-0.39, 0.29) is 12.6 Å². The summed E-state index contributed by atoms with van der Waals surface area (Å²) in [4.78, 5) is 12.3. The summed E-state index contributed by atoms with van der Waals surface area (Å²) in [7, 11) is 0. The van der Waals surface area contributed by atoms with Gasteiger partial charge in [-0.15, -0.1) is 17.9 Å². The summed E-state index contributed by atoms with van der Waals surface area (Å²) in [6.07, 6.45) is 3.07. The van der Waals surface area contributed by atoms with E-state index < -0.39 is 5.60 Å². The van der Waals surface area contributed by atoms with Crippen LogP contribution in [0.4, 0.5) is 4.79 Å². The number of urea groups is 1. The maximum Gasteiger partial charge on any atom is 0.315 e. The highest BCUT2D eigenvalue weighted by molar-refractivity contribution is 7.10. The molecule has 2 rings (SSSR count). The van der Waals surface area contributed by atoms with Gasteiger partial charge in [-0.1, -0.05) is 12.1 Å². The van der Waals surface area contributed by atoms with Gasteiger partial charge in [-0.3, -0.25) is 0 Å². The number of amides is 2. The Bertz CT molecular complexity index is 515. The smallest absolute Gasteiger partial charge is 0.315 e. The second-order valence-electron chi connectivity index (χ2n) is 4.17. The fourth-order valence-corrected chi connectivity index (χ4v) is 2.59. The first kappa shape index (κ1) is 14.4. The van der Waals surface area contributed by atoms with Gasteiger partial charge in [-0.25, -0.2) is 4.79 Å². The predicted octanol–water partition coefficient (Wildman–Crippen LogP) is 2.06. The van der Waals surface area contributed by atoms with E-state index >= 15 is 0 Å². The fourth-order valence-electron chi connectivity index (χ4n) is 1.76. The maximum absolute atomic E-state index is 11.6. The van der Waals surface area contributed by atoms with Crippen LogP contribution in [0.3, 0.4) is 0 Å². The largest absolute Gasteiger partial charge is 0.466 e. The summed E-state index contributed by atoms with van der Waals surface area (Å²) in [5.41, 5.74) is -1.37. The zero-order valence-electron chi connectivity index (χ0n) is 10.8. The van der Waals surface area contributed by atoms with E-state index in [1.807, 2.05) is 11.4 Å². The molecule has 0 spiro atoms. The quantitative estimate of drug-likeness (QED) is 0.713. The first-order valence-electron chi connectivity index (χ1n) is 6.10. The summed E-state index contributed by atoms with van der Waals surface area (Å²) in [5, 5.41) is 17.9. The van der Waals surface area contributed by atoms with Gasteiger partial charge in [0, 0.05) is 11.4 Å². The number of thiophene rings is 1. The van der Waals surface area contributed by atoms with Gasteiger partial charge in [0.05, 0.1) is 12.8 Å². The van der Waals surface area contributed by atoms with Crippen LogP contribution in [0, 0.1) is 0 Å². The van der Waals surface area contributed by atoms with Crippen molar-refractivity contribution >= 4 is 17.4 Å². The second kappa shape index (κ2) is 6.40. The molecule has 0 saturated carbocycles. The number of carbonyl (C=O) groups is 1. The summed E-state index contributed by atoms with van der Waals surface area (Å²) in [5.74, 6) is 0.393. The third kappa shape index (κ3) is 3.09. The number of aliphatic hydroxyl groups is 1. The van der Waals surface area contributed by atoms with Crippen molar-refractivity contribution in [2.75, 3.05) is 13.1 Å². The van der Waals surface area contributed by atoms with Crippen molar-refractivity contribution in [1.82, 2.24) is 10.6 Å². The van der Waals surface area contributed by atoms with Crippen LogP contribution in [0.5, 0.6) is 0 Å². The third-order valence-electron chi connectivity index (χ3n) is 2.77. The first-order valence-corrected chi connectivity index (χ1v) is 6.97. The Morgan fingerprint density at radius 1 is 1.45 bits per heavy atom. The van der Waals surface area contributed by atoms with Crippen LogP contribution in [0.25, 0.3) is 0 Å². The van der Waals surface area contributed by atoms with Gasteiger partial charge in [0.1, 0.15) is 5.76 Å². The average Bonchev–Trinajstić information content (AvgIpc) is 3.14. The molecule has 0 aliphatic rings. The zero-order chi connectivity index (χ0) is 14.4. The van der Waals surface area contributed by atoms with E-state index in [4.69, 9.17) is 4.42 Å². The van der Waals surface area contributed by atoms with Gasteiger partial charge in [-0.05, 0) is 23.6 Å². The van der Waals surface area contributed by atoms with Crippen molar-refractivity contribution < 1.29 is 14.3 Å². The van der Waals surface area contributed by atoms with Crippen molar-refractivity contribution in [1.29, 1.82) is 0 Å². The van der Waals surface area contributed by atoms with Gasteiger partial charge in [0.2, 0.25) is 0 Å². The number of hydrogen-bond acceptors (Lipinski definition) is 4. The lowest BCUT2D eigenvalue weighted by molar-refractivity contribution is 0.0623. The van der Waals surface area contributed by atoms with Gasteiger partial charge >= 0.3 is 6.03 Å². The van der Waals surface area contributed by atoms with E-state index in [0.29, 0.717) is 17.2 Å². The topological polar surface area (TPSA) is 74.5 Å². The molecule has 5 nitrogen and oxygen atoms in total. The van der Waals surface area contributed by atoms with Crippen molar-refractivity contribution in [3.05, 3.63) is 59.2 Å². The van der Waals surface area contributed by atoms with Crippen molar-refractivity contribution in [3.63, 3.8) is 0 Å². The highest BCUT2D eigenvalue weighted by atomic mass is 32.1. The molecule has 0 saturated heterocycles. The van der Waals surface area contributed by atoms with Gasteiger partial charge in [0.25, 0.3) is 0 Å². The number of rotatable bonds is 6. The molecule has 1 atom stereocenters. The molecule has 0 radical (unpaired) electrons. The normalized spacial score (nSPS) is 13.4. The van der Waals surface area contributed by atoms with Crippen LogP contribution < -0.4 is 10.6 Å². The molecule has 3 N–H and O–H groups in total. The summed E-state index contributed by atoms with van der Waals surface area (Å²) in [6.45, 7) is 3.90. The molecule has 0 aliphatic carbocycles. The molecule has 2 aromatic rings. The number of hydrogen-bond donors (Lipinski definition) is 3. The average molecular weight is 292 g/mol. The molecule has 106 valence electrons. The van der Waals surface area contributed by atoms with Crippen LogP contribution in [-0.2, 0) is 5.60 Å². The van der Waals surface area contributed by atoms with Crippen LogP contribution in [0.2, 0.25) is 0 Å². The van der Waals surface area contributed by atoms with Crippen LogP contribution >= 0.6 is 11.3 Å². The SMILES string of the molecule is C=CCNC(=O)NCC(O)(c1ccco1)c1cccs1. The molecular weight excluding hydrogens is 276 g/mol. The van der Waals surface area contributed by atoms with Crippen LogP contribution in [-0.4, -0.2) is 24.2 Å². The summed E-state index contributed by atoms with van der Waals surface area (Å²) < 4.78 is 5.30. The molecule has 6 heteroatoms.